The molecule has 0 aliphatic carbocycles. The minimum absolute atomic E-state index is 0.493. The van der Waals surface area contributed by atoms with Gasteiger partial charge in [0.05, 0.1) is 0 Å². The molecule has 0 aromatic heterocycles. The van der Waals surface area contributed by atoms with Crippen molar-refractivity contribution in [1.82, 2.24) is 4.13 Å². The Kier molecular flexibility index (Phi) is 7.07. The number of allylic oxidation sites excluding steroid dienone is 2. The van der Waals surface area contributed by atoms with Gasteiger partial charge in [0.2, 0.25) is 0 Å². The van der Waals surface area contributed by atoms with Crippen molar-refractivity contribution < 1.29 is 43.2 Å². The molecule has 0 bridgehead atoms. The summed E-state index contributed by atoms with van der Waals surface area (Å²) >= 11 is 0. The molecule has 1 N–H and O–H groups in total. The molecule has 1 heterocycles. The van der Waals surface area contributed by atoms with Crippen LogP contribution in [0.5, 0.6) is 0 Å². The maximum absolute atomic E-state index is 11.5. The quantitative estimate of drug-likeness (QED) is 0.734. The van der Waals surface area contributed by atoms with Crippen molar-refractivity contribution in [2.45, 2.75) is 11.0 Å². The summed E-state index contributed by atoms with van der Waals surface area (Å²) in [4.78, 5) is 2.21. The van der Waals surface area contributed by atoms with Crippen LogP contribution in [0, 0.1) is 0 Å². The average Bonchev–Trinajstić information content (AvgIpc) is 2.54. The third kappa shape index (κ3) is 6.55. The highest BCUT2D eigenvalue weighted by Crippen LogP contribution is 2.27. The maximum atomic E-state index is 11.5. The number of hydrogen-bond donors (Lipinski definition) is 1. The van der Waals surface area contributed by atoms with Gasteiger partial charge in [-0.2, -0.15) is 26.3 Å². The van der Waals surface area contributed by atoms with Crippen LogP contribution in [0.4, 0.5) is 32.0 Å². The van der Waals surface area contributed by atoms with Gasteiger partial charge < -0.3 is 4.90 Å². The molecule has 1 aliphatic rings. The van der Waals surface area contributed by atoms with E-state index in [2.05, 4.69) is 53.6 Å². The lowest BCUT2D eigenvalue weighted by Crippen LogP contribution is -2.45. The minimum Gasteiger partial charge on any atom is -0.344 e. The first-order valence-corrected chi connectivity index (χ1v) is 9.70. The summed E-state index contributed by atoms with van der Waals surface area (Å²) in [6, 6.07) is 10.4. The van der Waals surface area contributed by atoms with Crippen molar-refractivity contribution in [3.05, 3.63) is 54.8 Å². The van der Waals surface area contributed by atoms with Gasteiger partial charge in [-0.25, -0.2) is 16.8 Å². The Morgan fingerprint density at radius 2 is 1.30 bits per heavy atom. The van der Waals surface area contributed by atoms with Gasteiger partial charge in [-0.05, 0) is 18.2 Å². The van der Waals surface area contributed by atoms with Crippen LogP contribution in [0.15, 0.2) is 54.8 Å². The van der Waals surface area contributed by atoms with Crippen molar-refractivity contribution in [3.63, 3.8) is 0 Å². The summed E-state index contributed by atoms with van der Waals surface area (Å²) in [5.74, 6) is 0. The van der Waals surface area contributed by atoms with E-state index in [4.69, 9.17) is 0 Å². The predicted molar refractivity (Wildman–Crippen MR) is 85.2 cm³/mol. The number of para-hydroxylation sites is 1. The van der Waals surface area contributed by atoms with E-state index in [1.54, 1.807) is 0 Å². The fraction of sp³-hybridized carbons (Fsp3) is 0.231. The van der Waals surface area contributed by atoms with Gasteiger partial charge >= 0.3 is 31.1 Å². The van der Waals surface area contributed by atoms with Crippen molar-refractivity contribution in [3.8, 4) is 0 Å². The molecule has 0 fully saturated rings. The van der Waals surface area contributed by atoms with Crippen LogP contribution in [0.1, 0.15) is 0 Å². The Hall–Kier alpha value is -2.06. The molecule has 6 nitrogen and oxygen atoms in total. The molecule has 0 spiro atoms. The number of rotatable bonds is 3. The molecule has 1 aromatic rings. The molecule has 0 atom stereocenters. The maximum Gasteiger partial charge on any atom is 0.512 e. The van der Waals surface area contributed by atoms with E-state index >= 15 is 0 Å². The molecule has 0 amide bonds. The second-order valence-corrected chi connectivity index (χ2v) is 8.35. The fourth-order valence-electron chi connectivity index (χ4n) is 1.52. The molecule has 1 aliphatic heterocycles. The topological polar surface area (TPSA) is 83.6 Å². The van der Waals surface area contributed by atoms with Crippen LogP contribution in [0.2, 0.25) is 0 Å². The summed E-state index contributed by atoms with van der Waals surface area (Å²) in [5.41, 5.74) is -11.0. The van der Waals surface area contributed by atoms with E-state index in [0.29, 0.717) is 0 Å². The van der Waals surface area contributed by atoms with Crippen molar-refractivity contribution in [2.75, 3.05) is 11.4 Å². The van der Waals surface area contributed by atoms with Crippen molar-refractivity contribution in [1.29, 1.82) is 0 Å². The molecule has 14 heteroatoms. The van der Waals surface area contributed by atoms with Crippen molar-refractivity contribution in [2.24, 2.45) is 0 Å². The number of nitrogens with one attached hydrogen (secondary N) is 1. The molecule has 2 rings (SSSR count). The molecule has 1 aromatic carbocycles. The molecule has 27 heavy (non-hydrogen) atoms. The van der Waals surface area contributed by atoms with Gasteiger partial charge in [0, 0.05) is 18.4 Å². The molecule has 0 unspecified atom stereocenters. The Bertz CT molecular complexity index is 849. The zero-order chi connectivity index (χ0) is 20.9. The van der Waals surface area contributed by atoms with Crippen LogP contribution in [0.25, 0.3) is 0 Å². The smallest absolute Gasteiger partial charge is 0.344 e. The molecule has 0 radical (unpaired) electrons. The number of halogens is 6. The van der Waals surface area contributed by atoms with Gasteiger partial charge in [0.15, 0.2) is 0 Å². The van der Waals surface area contributed by atoms with E-state index in [1.807, 2.05) is 6.07 Å². The Labute approximate surface area is 150 Å². The minimum atomic E-state index is -6.60. The first kappa shape index (κ1) is 23.0. The lowest BCUT2D eigenvalue weighted by atomic mass is 10.2. The van der Waals surface area contributed by atoms with E-state index < -0.39 is 35.2 Å². The van der Waals surface area contributed by atoms with Crippen molar-refractivity contribution >= 4 is 25.7 Å². The van der Waals surface area contributed by atoms with Crippen LogP contribution < -0.4 is 9.03 Å². The molecular formula is C13H12F6N2O4S2. The van der Waals surface area contributed by atoms with E-state index in [-0.39, 0.29) is 0 Å². The van der Waals surface area contributed by atoms with Gasteiger partial charge in [0.1, 0.15) is 0 Å². The summed E-state index contributed by atoms with van der Waals surface area (Å²) < 4.78 is 108. The number of anilines is 1. The second kappa shape index (κ2) is 8.31. The third-order valence-corrected chi connectivity index (χ3v) is 5.71. The van der Waals surface area contributed by atoms with Crippen LogP contribution in [-0.2, 0) is 20.0 Å². The second-order valence-electron chi connectivity index (χ2n) is 4.74. The lowest BCUT2D eigenvalue weighted by molar-refractivity contribution is -0.0476. The zero-order valence-corrected chi connectivity index (χ0v) is 14.7. The first-order valence-electron chi connectivity index (χ1n) is 6.73. The van der Waals surface area contributed by atoms with Crippen LogP contribution in [0.3, 0.4) is 0 Å². The van der Waals surface area contributed by atoms with Gasteiger partial charge in [-0.15, -0.1) is 0 Å². The normalized spacial score (nSPS) is 15.3. The van der Waals surface area contributed by atoms with E-state index in [9.17, 15) is 43.2 Å². The number of sulfonamides is 2. The fourth-order valence-corrected chi connectivity index (χ4v) is 3.43. The summed E-state index contributed by atoms with van der Waals surface area (Å²) in [6.45, 7) is 0.973. The summed E-state index contributed by atoms with van der Waals surface area (Å²) in [7, 11) is -13.2. The highest BCUT2D eigenvalue weighted by molar-refractivity contribution is 8.05. The lowest BCUT2D eigenvalue weighted by Gasteiger charge is -2.20. The summed E-state index contributed by atoms with van der Waals surface area (Å²) in [5, 5.41) is 0. The first-order chi connectivity index (χ1) is 12.2. The highest BCUT2D eigenvalue weighted by Gasteiger charge is 2.55. The number of benzene rings is 1. The number of alkyl halides is 6. The van der Waals surface area contributed by atoms with E-state index in [0.717, 1.165) is 6.54 Å². The number of hydrogen-bond acceptors (Lipinski definition) is 5. The molecule has 152 valence electrons. The predicted octanol–water partition coefficient (Wildman–Crippen LogP) is 2.85. The highest BCUT2D eigenvalue weighted by atomic mass is 32.3. The van der Waals surface area contributed by atoms with Crippen LogP contribution in [-0.4, -0.2) is 34.4 Å². The Morgan fingerprint density at radius 3 is 1.67 bits per heavy atom. The zero-order valence-electron chi connectivity index (χ0n) is 13.1. The monoisotopic (exact) mass is 438 g/mol. The number of nitrogens with zero attached hydrogens (tertiary/aromatic N) is 1. The average molecular weight is 438 g/mol. The van der Waals surface area contributed by atoms with Gasteiger partial charge in [-0.3, -0.25) is 0 Å². The third-order valence-electron chi connectivity index (χ3n) is 2.73. The standard InChI is InChI=1S/C11H11N.C2HF6NO4S2/c1-3-7-11(8-4-1)12-9-5-2-6-10-12;3-1(4,5)14(10,11)9-15(12,13)2(6,7)8/h1-9H,10H2;9H. The Morgan fingerprint density at radius 1 is 0.815 bits per heavy atom. The summed E-state index contributed by atoms with van der Waals surface area (Å²) in [6.07, 6.45) is 8.36. The SMILES string of the molecule is C1=CCN(c2ccccc2)C=C1.O=S(=O)(NS(=O)(=O)C(F)(F)F)C(F)(F)F. The largest absolute Gasteiger partial charge is 0.512 e. The van der Waals surface area contributed by atoms with E-state index in [1.165, 1.54) is 5.69 Å². The van der Waals surface area contributed by atoms with Gasteiger partial charge in [0.25, 0.3) is 0 Å². The molecule has 0 saturated carbocycles. The molecular weight excluding hydrogens is 426 g/mol. The Balaban J connectivity index is 0.000000274. The molecule has 0 saturated heterocycles. The van der Waals surface area contributed by atoms with Gasteiger partial charge in [-0.1, -0.05) is 34.5 Å². The van der Waals surface area contributed by atoms with Crippen LogP contribution >= 0.6 is 0 Å².